The summed E-state index contributed by atoms with van der Waals surface area (Å²) < 4.78 is 23.7. The van der Waals surface area contributed by atoms with Gasteiger partial charge in [0.2, 0.25) is 0 Å². The van der Waals surface area contributed by atoms with E-state index in [1.54, 1.807) is 6.92 Å². The van der Waals surface area contributed by atoms with Gasteiger partial charge in [-0.15, -0.1) is 0 Å². The van der Waals surface area contributed by atoms with Gasteiger partial charge in [-0.25, -0.2) is 9.18 Å². The van der Waals surface area contributed by atoms with E-state index in [4.69, 9.17) is 9.47 Å². The average molecular weight is 290 g/mol. The van der Waals surface area contributed by atoms with Crippen LogP contribution in [-0.2, 0) is 16.1 Å². The van der Waals surface area contributed by atoms with E-state index in [9.17, 15) is 9.18 Å². The summed E-state index contributed by atoms with van der Waals surface area (Å²) in [6, 6.07) is 4.02. The normalized spacial score (nSPS) is 12.0. The standard InChI is InChI=1S/C15H15FN2O3/c1-10(14-8-17-5-6-18-14)21-15(19)11-3-4-13(16)12(7-11)9-20-2/h3-8,10H,9H2,1-2H3. The fourth-order valence-electron chi connectivity index (χ4n) is 1.78. The molecule has 1 unspecified atom stereocenters. The largest absolute Gasteiger partial charge is 0.452 e. The van der Waals surface area contributed by atoms with Crippen LogP contribution in [0, 0.1) is 5.82 Å². The van der Waals surface area contributed by atoms with Crippen molar-refractivity contribution in [3.8, 4) is 0 Å². The molecular formula is C15H15FN2O3. The summed E-state index contributed by atoms with van der Waals surface area (Å²) in [5.41, 5.74) is 1.11. The van der Waals surface area contributed by atoms with Gasteiger partial charge in [-0.3, -0.25) is 9.97 Å². The van der Waals surface area contributed by atoms with Crippen LogP contribution in [0.2, 0.25) is 0 Å². The first-order valence-electron chi connectivity index (χ1n) is 6.36. The van der Waals surface area contributed by atoms with Crippen LogP contribution < -0.4 is 0 Å². The molecule has 1 atom stereocenters. The number of hydrogen-bond acceptors (Lipinski definition) is 5. The van der Waals surface area contributed by atoms with E-state index in [0.717, 1.165) is 0 Å². The summed E-state index contributed by atoms with van der Waals surface area (Å²) in [7, 11) is 1.46. The highest BCUT2D eigenvalue weighted by Gasteiger charge is 2.16. The number of halogens is 1. The SMILES string of the molecule is COCc1cc(C(=O)OC(C)c2cnccn2)ccc1F. The summed E-state index contributed by atoms with van der Waals surface area (Å²) in [6.07, 6.45) is 4.05. The lowest BCUT2D eigenvalue weighted by molar-refractivity contribution is 0.0328. The van der Waals surface area contributed by atoms with Crippen molar-refractivity contribution < 1.29 is 18.7 Å². The molecule has 0 bridgehead atoms. The van der Waals surface area contributed by atoms with Gasteiger partial charge in [-0.1, -0.05) is 0 Å². The van der Waals surface area contributed by atoms with Gasteiger partial charge in [-0.05, 0) is 25.1 Å². The summed E-state index contributed by atoms with van der Waals surface area (Å²) in [4.78, 5) is 20.0. The highest BCUT2D eigenvalue weighted by atomic mass is 19.1. The third-order valence-electron chi connectivity index (χ3n) is 2.86. The predicted molar refractivity (Wildman–Crippen MR) is 73.0 cm³/mol. The van der Waals surface area contributed by atoms with Crippen molar-refractivity contribution in [2.75, 3.05) is 7.11 Å². The van der Waals surface area contributed by atoms with Gasteiger partial charge in [-0.2, -0.15) is 0 Å². The van der Waals surface area contributed by atoms with Gasteiger partial charge in [0.1, 0.15) is 11.9 Å². The van der Waals surface area contributed by atoms with Gasteiger partial charge in [0, 0.05) is 25.1 Å². The Balaban J connectivity index is 2.11. The zero-order valence-corrected chi connectivity index (χ0v) is 11.7. The van der Waals surface area contributed by atoms with E-state index in [1.165, 1.54) is 43.9 Å². The average Bonchev–Trinajstić information content (AvgIpc) is 2.50. The van der Waals surface area contributed by atoms with Crippen molar-refractivity contribution in [2.45, 2.75) is 19.6 Å². The van der Waals surface area contributed by atoms with E-state index >= 15 is 0 Å². The lowest BCUT2D eigenvalue weighted by Gasteiger charge is -2.13. The minimum atomic E-state index is -0.550. The minimum absolute atomic E-state index is 0.0899. The van der Waals surface area contributed by atoms with Crippen molar-refractivity contribution in [2.24, 2.45) is 0 Å². The Hall–Kier alpha value is -2.34. The number of benzene rings is 1. The Labute approximate surface area is 121 Å². The molecule has 0 aliphatic rings. The molecule has 110 valence electrons. The van der Waals surface area contributed by atoms with Crippen LogP contribution >= 0.6 is 0 Å². The van der Waals surface area contributed by atoms with Gasteiger partial charge in [0.15, 0.2) is 0 Å². The maximum atomic E-state index is 13.5. The quantitative estimate of drug-likeness (QED) is 0.792. The molecule has 2 rings (SSSR count). The topological polar surface area (TPSA) is 61.3 Å². The maximum Gasteiger partial charge on any atom is 0.338 e. The van der Waals surface area contributed by atoms with Crippen LogP contribution in [-0.4, -0.2) is 23.0 Å². The molecule has 0 fully saturated rings. The monoisotopic (exact) mass is 290 g/mol. The van der Waals surface area contributed by atoms with E-state index in [2.05, 4.69) is 9.97 Å². The molecule has 0 saturated heterocycles. The number of carbonyl (C=O) groups excluding carboxylic acids is 1. The first-order valence-corrected chi connectivity index (χ1v) is 6.36. The first kappa shape index (κ1) is 15.1. The molecule has 0 spiro atoms. The maximum absolute atomic E-state index is 13.5. The molecule has 0 amide bonds. The number of rotatable bonds is 5. The lowest BCUT2D eigenvalue weighted by Crippen LogP contribution is -2.11. The second-order valence-corrected chi connectivity index (χ2v) is 4.42. The van der Waals surface area contributed by atoms with E-state index < -0.39 is 17.9 Å². The number of nitrogens with zero attached hydrogens (tertiary/aromatic N) is 2. The number of aromatic nitrogens is 2. The van der Waals surface area contributed by atoms with Gasteiger partial charge in [0.25, 0.3) is 0 Å². The molecule has 5 nitrogen and oxygen atoms in total. The second-order valence-electron chi connectivity index (χ2n) is 4.42. The van der Waals surface area contributed by atoms with Gasteiger partial charge in [0.05, 0.1) is 24.1 Å². The summed E-state index contributed by atoms with van der Waals surface area (Å²) >= 11 is 0. The first-order chi connectivity index (χ1) is 10.1. The van der Waals surface area contributed by atoms with Crippen molar-refractivity contribution >= 4 is 5.97 Å². The Morgan fingerprint density at radius 1 is 1.38 bits per heavy atom. The molecule has 0 radical (unpaired) electrons. The molecule has 1 aromatic carbocycles. The van der Waals surface area contributed by atoms with Crippen molar-refractivity contribution in [3.05, 3.63) is 59.4 Å². The van der Waals surface area contributed by atoms with Crippen LogP contribution in [0.3, 0.4) is 0 Å². The zero-order valence-electron chi connectivity index (χ0n) is 11.7. The van der Waals surface area contributed by atoms with Crippen LogP contribution in [0.1, 0.15) is 34.6 Å². The zero-order chi connectivity index (χ0) is 15.2. The molecule has 0 saturated carbocycles. The molecule has 1 aromatic heterocycles. The molecule has 0 aliphatic carbocycles. The van der Waals surface area contributed by atoms with E-state index in [0.29, 0.717) is 11.3 Å². The molecular weight excluding hydrogens is 275 g/mol. The van der Waals surface area contributed by atoms with Gasteiger partial charge >= 0.3 is 5.97 Å². The van der Waals surface area contributed by atoms with E-state index in [-0.39, 0.29) is 12.2 Å². The number of carbonyl (C=O) groups is 1. The number of hydrogen-bond donors (Lipinski definition) is 0. The van der Waals surface area contributed by atoms with Crippen LogP contribution in [0.5, 0.6) is 0 Å². The Morgan fingerprint density at radius 2 is 2.19 bits per heavy atom. The van der Waals surface area contributed by atoms with Crippen molar-refractivity contribution in [3.63, 3.8) is 0 Å². The Bertz CT molecular complexity index is 620. The van der Waals surface area contributed by atoms with Crippen LogP contribution in [0.25, 0.3) is 0 Å². The molecule has 21 heavy (non-hydrogen) atoms. The molecule has 0 N–H and O–H groups in total. The number of methoxy groups -OCH3 is 1. The third-order valence-corrected chi connectivity index (χ3v) is 2.86. The van der Waals surface area contributed by atoms with Crippen molar-refractivity contribution in [1.29, 1.82) is 0 Å². The molecule has 1 heterocycles. The fraction of sp³-hybridized carbons (Fsp3) is 0.267. The Morgan fingerprint density at radius 3 is 2.86 bits per heavy atom. The van der Waals surface area contributed by atoms with Crippen LogP contribution in [0.4, 0.5) is 4.39 Å². The van der Waals surface area contributed by atoms with Crippen LogP contribution in [0.15, 0.2) is 36.8 Å². The van der Waals surface area contributed by atoms with E-state index in [1.807, 2.05) is 0 Å². The number of ether oxygens (including phenoxy) is 2. The molecule has 2 aromatic rings. The highest BCUT2D eigenvalue weighted by Crippen LogP contribution is 2.17. The third kappa shape index (κ3) is 3.82. The predicted octanol–water partition coefficient (Wildman–Crippen LogP) is 2.68. The fourth-order valence-corrected chi connectivity index (χ4v) is 1.78. The summed E-state index contributed by atoms with van der Waals surface area (Å²) in [6.45, 7) is 1.79. The Kier molecular flexibility index (Phi) is 4.94. The van der Waals surface area contributed by atoms with Crippen molar-refractivity contribution in [1.82, 2.24) is 9.97 Å². The minimum Gasteiger partial charge on any atom is -0.452 e. The molecule has 0 aliphatic heterocycles. The second kappa shape index (κ2) is 6.90. The summed E-state index contributed by atoms with van der Waals surface area (Å²) in [5.74, 6) is -0.971. The molecule has 6 heteroatoms. The summed E-state index contributed by atoms with van der Waals surface area (Å²) in [5, 5.41) is 0. The highest BCUT2D eigenvalue weighted by molar-refractivity contribution is 5.89. The number of esters is 1. The smallest absolute Gasteiger partial charge is 0.338 e. The van der Waals surface area contributed by atoms with Gasteiger partial charge < -0.3 is 9.47 Å². The lowest BCUT2D eigenvalue weighted by atomic mass is 10.1.